The monoisotopic (exact) mass is 553 g/mol. The first-order valence-electron chi connectivity index (χ1n) is 13.5. The van der Waals surface area contributed by atoms with Crippen molar-refractivity contribution in [3.05, 3.63) is 76.6 Å². The maximum absolute atomic E-state index is 14.5. The third-order valence-corrected chi connectivity index (χ3v) is 7.47. The van der Waals surface area contributed by atoms with E-state index in [0.717, 1.165) is 53.7 Å². The molecule has 1 unspecified atom stereocenters. The zero-order chi connectivity index (χ0) is 28.2. The predicted molar refractivity (Wildman–Crippen MR) is 160 cm³/mol. The molecule has 1 aliphatic rings. The van der Waals surface area contributed by atoms with Crippen molar-refractivity contribution in [2.45, 2.75) is 53.0 Å². The third-order valence-electron chi connectivity index (χ3n) is 6.49. The Bertz CT molecular complexity index is 1210. The van der Waals surface area contributed by atoms with Crippen LogP contribution in [-0.2, 0) is 16.0 Å². The maximum Gasteiger partial charge on any atom is 0.292 e. The Morgan fingerprint density at radius 1 is 1.13 bits per heavy atom. The first kappa shape index (κ1) is 30.4. The Kier molecular flexibility index (Phi) is 12.0. The van der Waals surface area contributed by atoms with Crippen LogP contribution in [0.1, 0.15) is 55.0 Å². The SMILES string of the molecule is CCCc1cc2c(cc1F)NC(c1cccc(-c3c(C)cc(OCCCSCC)cc3C)c1)CO2.COC=O. The van der Waals surface area contributed by atoms with Crippen molar-refractivity contribution < 1.29 is 23.4 Å². The zero-order valence-electron chi connectivity index (χ0n) is 23.6. The number of hydrogen-bond donors (Lipinski definition) is 1. The molecule has 3 aromatic rings. The van der Waals surface area contributed by atoms with Crippen molar-refractivity contribution in [1.29, 1.82) is 0 Å². The Hall–Kier alpha value is -3.19. The van der Waals surface area contributed by atoms with Gasteiger partial charge in [-0.05, 0) is 95.8 Å². The molecule has 0 aromatic heterocycles. The van der Waals surface area contributed by atoms with Crippen molar-refractivity contribution in [2.24, 2.45) is 0 Å². The normalized spacial score (nSPS) is 13.7. The molecule has 5 nitrogen and oxygen atoms in total. The molecule has 1 heterocycles. The number of anilines is 1. The fraction of sp³-hybridized carbons (Fsp3) is 0.406. The number of fused-ring (bicyclic) bond motifs is 1. The molecule has 1 atom stereocenters. The van der Waals surface area contributed by atoms with Crippen molar-refractivity contribution in [3.63, 3.8) is 0 Å². The standard InChI is InChI=1S/C30H36FNO2S.C2H4O2/c1-5-9-22-17-29-27(18-26(22)31)32-28(19-34-29)23-10-7-11-24(16-23)30-20(3)14-25(15-21(30)4)33-12-8-13-35-6-2;1-4-2-3/h7,10-11,14-18,28,32H,5-6,8-9,12-13,19H2,1-4H3;2H,1H3. The van der Waals surface area contributed by atoms with E-state index in [1.807, 2.05) is 17.8 Å². The lowest BCUT2D eigenvalue weighted by molar-refractivity contribution is -0.126. The molecule has 1 aliphatic heterocycles. The number of hydrogen-bond acceptors (Lipinski definition) is 6. The summed E-state index contributed by atoms with van der Waals surface area (Å²) < 4.78 is 30.5. The molecule has 4 rings (SSSR count). The van der Waals surface area contributed by atoms with Crippen LogP contribution in [0.2, 0.25) is 0 Å². The van der Waals surface area contributed by atoms with E-state index in [1.165, 1.54) is 29.4 Å². The largest absolute Gasteiger partial charge is 0.494 e. The van der Waals surface area contributed by atoms with Gasteiger partial charge in [0.1, 0.15) is 23.9 Å². The van der Waals surface area contributed by atoms with Gasteiger partial charge in [-0.3, -0.25) is 4.79 Å². The van der Waals surface area contributed by atoms with Gasteiger partial charge in [-0.15, -0.1) is 0 Å². The van der Waals surface area contributed by atoms with Crippen molar-refractivity contribution >= 4 is 23.9 Å². The third kappa shape index (κ3) is 8.40. The highest BCUT2D eigenvalue weighted by atomic mass is 32.2. The van der Waals surface area contributed by atoms with Crippen LogP contribution in [0.5, 0.6) is 11.5 Å². The Morgan fingerprint density at radius 3 is 2.54 bits per heavy atom. The summed E-state index contributed by atoms with van der Waals surface area (Å²) in [6.45, 7) is 10.2. The quantitative estimate of drug-likeness (QED) is 0.192. The summed E-state index contributed by atoms with van der Waals surface area (Å²) in [6, 6.07) is 16.2. The fourth-order valence-electron chi connectivity index (χ4n) is 4.74. The number of thioether (sulfide) groups is 1. The van der Waals surface area contributed by atoms with Gasteiger partial charge in [0, 0.05) is 6.07 Å². The van der Waals surface area contributed by atoms with Crippen LogP contribution < -0.4 is 14.8 Å². The lowest BCUT2D eigenvalue weighted by Crippen LogP contribution is -2.24. The summed E-state index contributed by atoms with van der Waals surface area (Å²) in [6.07, 6.45) is 2.68. The predicted octanol–water partition coefficient (Wildman–Crippen LogP) is 7.92. The van der Waals surface area contributed by atoms with E-state index in [2.05, 4.69) is 74.1 Å². The number of carbonyl (C=O) groups excluding carboxylic acids is 1. The number of nitrogens with one attached hydrogen (secondary N) is 1. The molecule has 7 heteroatoms. The van der Waals surface area contributed by atoms with E-state index in [-0.39, 0.29) is 11.9 Å². The Balaban J connectivity index is 0.000000983. The van der Waals surface area contributed by atoms with Gasteiger partial charge >= 0.3 is 0 Å². The van der Waals surface area contributed by atoms with Gasteiger partial charge in [-0.1, -0.05) is 38.5 Å². The van der Waals surface area contributed by atoms with Crippen molar-refractivity contribution in [2.75, 3.05) is 37.1 Å². The summed E-state index contributed by atoms with van der Waals surface area (Å²) in [5.74, 6) is 3.78. The van der Waals surface area contributed by atoms with E-state index in [4.69, 9.17) is 14.3 Å². The van der Waals surface area contributed by atoms with Gasteiger partial charge < -0.3 is 19.5 Å². The number of aryl methyl sites for hydroxylation is 3. The van der Waals surface area contributed by atoms with Crippen LogP contribution >= 0.6 is 11.8 Å². The number of ether oxygens (including phenoxy) is 3. The van der Waals surface area contributed by atoms with Crippen molar-refractivity contribution in [3.8, 4) is 22.6 Å². The van der Waals surface area contributed by atoms with Gasteiger partial charge in [-0.2, -0.15) is 11.8 Å². The molecule has 0 radical (unpaired) electrons. The molecule has 3 aromatic carbocycles. The molecule has 1 N–H and O–H groups in total. The molecular formula is C32H40FNO4S. The molecule has 0 bridgehead atoms. The van der Waals surface area contributed by atoms with E-state index >= 15 is 0 Å². The molecular weight excluding hydrogens is 513 g/mol. The van der Waals surface area contributed by atoms with Crippen LogP contribution in [0.25, 0.3) is 11.1 Å². The highest BCUT2D eigenvalue weighted by Crippen LogP contribution is 2.38. The molecule has 0 saturated heterocycles. The van der Waals surface area contributed by atoms with Crippen LogP contribution in [0.3, 0.4) is 0 Å². The van der Waals surface area contributed by atoms with Crippen LogP contribution in [0, 0.1) is 19.7 Å². The molecule has 210 valence electrons. The second-order valence-electron chi connectivity index (χ2n) is 9.49. The molecule has 0 saturated carbocycles. The summed E-state index contributed by atoms with van der Waals surface area (Å²) in [7, 11) is 1.31. The Morgan fingerprint density at radius 2 is 1.87 bits per heavy atom. The van der Waals surface area contributed by atoms with Gasteiger partial charge in [0.25, 0.3) is 6.47 Å². The minimum atomic E-state index is -0.172. The second-order valence-corrected chi connectivity index (χ2v) is 10.9. The number of halogens is 1. The maximum atomic E-state index is 14.5. The summed E-state index contributed by atoms with van der Waals surface area (Å²) in [5.41, 5.74) is 7.35. The number of carbonyl (C=O) groups is 1. The molecule has 0 amide bonds. The zero-order valence-corrected chi connectivity index (χ0v) is 24.5. The minimum absolute atomic E-state index is 0.0388. The summed E-state index contributed by atoms with van der Waals surface area (Å²) >= 11 is 1.95. The van der Waals surface area contributed by atoms with Gasteiger partial charge in [0.05, 0.1) is 25.4 Å². The topological polar surface area (TPSA) is 56.8 Å². The van der Waals surface area contributed by atoms with E-state index in [0.29, 0.717) is 25.1 Å². The van der Waals surface area contributed by atoms with Crippen LogP contribution in [-0.4, -0.2) is 38.3 Å². The van der Waals surface area contributed by atoms with Gasteiger partial charge in [0.15, 0.2) is 0 Å². The number of methoxy groups -OCH3 is 1. The lowest BCUT2D eigenvalue weighted by atomic mass is 9.93. The van der Waals surface area contributed by atoms with Crippen molar-refractivity contribution in [1.82, 2.24) is 0 Å². The van der Waals surface area contributed by atoms with Gasteiger partial charge in [-0.25, -0.2) is 4.39 Å². The van der Waals surface area contributed by atoms with Gasteiger partial charge in [0.2, 0.25) is 0 Å². The highest BCUT2D eigenvalue weighted by Gasteiger charge is 2.23. The second kappa shape index (κ2) is 15.4. The molecule has 0 spiro atoms. The molecule has 39 heavy (non-hydrogen) atoms. The van der Waals surface area contributed by atoms with E-state index in [9.17, 15) is 4.39 Å². The molecule has 0 fully saturated rings. The fourth-order valence-corrected chi connectivity index (χ4v) is 5.35. The smallest absolute Gasteiger partial charge is 0.292 e. The summed E-state index contributed by atoms with van der Waals surface area (Å²) in [5, 5.41) is 3.49. The minimum Gasteiger partial charge on any atom is -0.494 e. The first-order chi connectivity index (χ1) is 18.9. The van der Waals surface area contributed by atoms with Crippen LogP contribution in [0.4, 0.5) is 10.1 Å². The average molecular weight is 554 g/mol. The lowest BCUT2D eigenvalue weighted by Gasteiger charge is -2.29. The molecule has 0 aliphatic carbocycles. The highest BCUT2D eigenvalue weighted by molar-refractivity contribution is 7.99. The number of rotatable bonds is 11. The Labute approximate surface area is 236 Å². The van der Waals surface area contributed by atoms with Crippen LogP contribution in [0.15, 0.2) is 48.5 Å². The summed E-state index contributed by atoms with van der Waals surface area (Å²) in [4.78, 5) is 8.95. The van der Waals surface area contributed by atoms with E-state index in [1.54, 1.807) is 6.07 Å². The average Bonchev–Trinajstić information content (AvgIpc) is 2.93. The van der Waals surface area contributed by atoms with E-state index < -0.39 is 0 Å². The first-order valence-corrected chi connectivity index (χ1v) is 14.7. The number of benzene rings is 3.